The van der Waals surface area contributed by atoms with Gasteiger partial charge in [-0.1, -0.05) is 81.4 Å². The summed E-state index contributed by atoms with van der Waals surface area (Å²) in [5.74, 6) is 3.20. The average molecular weight is 524 g/mol. The molecule has 4 heteroatoms. The van der Waals surface area contributed by atoms with Gasteiger partial charge in [-0.05, 0) is 78.4 Å². The Bertz CT molecular complexity index is 1300. The van der Waals surface area contributed by atoms with E-state index in [4.69, 9.17) is 13.6 Å². The van der Waals surface area contributed by atoms with Gasteiger partial charge in [0.1, 0.15) is 17.1 Å². The number of rotatable bonds is 8. The van der Waals surface area contributed by atoms with Crippen molar-refractivity contribution >= 4 is 30.4 Å². The lowest BCUT2D eigenvalue weighted by atomic mass is 9.66. The maximum absolute atomic E-state index is 7.38. The van der Waals surface area contributed by atoms with E-state index >= 15 is 0 Å². The fraction of sp³-hybridized carbons (Fsp3) is 0.412. The summed E-state index contributed by atoms with van der Waals surface area (Å²) in [4.78, 5) is 0. The number of fused-ring (bicyclic) bond motifs is 1. The average Bonchev–Trinajstić information content (AvgIpc) is 3.67. The van der Waals surface area contributed by atoms with Crippen LogP contribution in [0.25, 0.3) is 11.0 Å². The Morgan fingerprint density at radius 1 is 0.816 bits per heavy atom. The summed E-state index contributed by atoms with van der Waals surface area (Å²) in [7, 11) is -1.39. The molecule has 0 bridgehead atoms. The van der Waals surface area contributed by atoms with Gasteiger partial charge in [-0.3, -0.25) is 0 Å². The van der Waals surface area contributed by atoms with Crippen LogP contribution >= 0.6 is 0 Å². The third kappa shape index (κ3) is 5.34. The third-order valence-corrected chi connectivity index (χ3v) is 10.9. The van der Waals surface area contributed by atoms with Crippen molar-refractivity contribution in [2.75, 3.05) is 6.61 Å². The van der Waals surface area contributed by atoms with Gasteiger partial charge in [0, 0.05) is 17.4 Å². The summed E-state index contributed by atoms with van der Waals surface area (Å²) in [5.41, 5.74) is 0.786. The molecule has 2 fully saturated rings. The number of hydrogen-bond donors (Lipinski definition) is 0. The van der Waals surface area contributed by atoms with Crippen molar-refractivity contribution in [3.8, 4) is 5.75 Å². The summed E-state index contributed by atoms with van der Waals surface area (Å²) >= 11 is 0. The van der Waals surface area contributed by atoms with E-state index in [1.54, 1.807) is 0 Å². The van der Waals surface area contributed by atoms with Crippen LogP contribution in [0.15, 0.2) is 89.3 Å². The van der Waals surface area contributed by atoms with Crippen molar-refractivity contribution in [3.05, 3.63) is 90.7 Å². The SMILES string of the molecule is CC(C)(C)C1(O[Si](c2ccccc2)c2ccccc2)CCC(c2cc3ccc(OCC4CC4)cc3o2)CC1. The highest BCUT2D eigenvalue weighted by molar-refractivity contribution is 6.80. The van der Waals surface area contributed by atoms with Crippen LogP contribution in [0.5, 0.6) is 5.75 Å². The Morgan fingerprint density at radius 3 is 2.03 bits per heavy atom. The van der Waals surface area contributed by atoms with Crippen molar-refractivity contribution in [2.24, 2.45) is 11.3 Å². The number of ether oxygens (including phenoxy) is 1. The van der Waals surface area contributed by atoms with Gasteiger partial charge in [0.05, 0.1) is 12.2 Å². The minimum absolute atomic E-state index is 0.0269. The summed E-state index contributed by atoms with van der Waals surface area (Å²) in [6.07, 6.45) is 6.80. The van der Waals surface area contributed by atoms with Gasteiger partial charge in [-0.15, -0.1) is 0 Å². The molecule has 0 N–H and O–H groups in total. The minimum atomic E-state index is -1.39. The first kappa shape index (κ1) is 25.5. The Kier molecular flexibility index (Phi) is 6.96. The van der Waals surface area contributed by atoms with E-state index in [1.165, 1.54) is 28.6 Å². The first-order valence-corrected chi connectivity index (χ1v) is 15.6. The van der Waals surface area contributed by atoms with Crippen LogP contribution in [0.1, 0.15) is 71.0 Å². The standard InChI is InChI=1S/C34H39O3Si/c1-33(2,3)34(37-38(29-10-6-4-7-11-29)30-12-8-5-9-13-30)20-18-26(19-21-34)31-22-27-16-17-28(23-32(27)36-31)35-24-25-14-15-25/h4-13,16-17,22-23,25-26H,14-15,18-21,24H2,1-3H3. The minimum Gasteiger partial charge on any atom is -0.493 e. The number of hydrogen-bond acceptors (Lipinski definition) is 3. The number of furan rings is 1. The Morgan fingerprint density at radius 2 is 1.45 bits per heavy atom. The summed E-state index contributed by atoms with van der Waals surface area (Å²) in [5, 5.41) is 3.79. The molecule has 4 aromatic rings. The van der Waals surface area contributed by atoms with E-state index in [0.717, 1.165) is 55.3 Å². The molecule has 2 saturated carbocycles. The number of benzene rings is 3. The molecule has 1 heterocycles. The maximum atomic E-state index is 7.38. The topological polar surface area (TPSA) is 31.6 Å². The van der Waals surface area contributed by atoms with Crippen LogP contribution in [0.4, 0.5) is 0 Å². The summed E-state index contributed by atoms with van der Waals surface area (Å²) in [6, 6.07) is 30.2. The fourth-order valence-electron chi connectivity index (χ4n) is 5.85. The van der Waals surface area contributed by atoms with Gasteiger partial charge < -0.3 is 13.6 Å². The molecular weight excluding hydrogens is 484 g/mol. The molecule has 197 valence electrons. The Hall–Kier alpha value is -2.82. The van der Waals surface area contributed by atoms with E-state index in [2.05, 4.69) is 106 Å². The predicted octanol–water partition coefficient (Wildman–Crippen LogP) is 7.49. The maximum Gasteiger partial charge on any atom is 0.283 e. The van der Waals surface area contributed by atoms with Crippen molar-refractivity contribution < 1.29 is 13.6 Å². The molecule has 6 rings (SSSR count). The molecule has 0 unspecified atom stereocenters. The van der Waals surface area contributed by atoms with Crippen molar-refractivity contribution in [1.82, 2.24) is 0 Å². The first-order chi connectivity index (χ1) is 18.4. The lowest BCUT2D eigenvalue weighted by Crippen LogP contribution is -2.57. The first-order valence-electron chi connectivity index (χ1n) is 14.2. The van der Waals surface area contributed by atoms with Crippen LogP contribution in [0.2, 0.25) is 0 Å². The van der Waals surface area contributed by atoms with Gasteiger partial charge in [0.15, 0.2) is 0 Å². The van der Waals surface area contributed by atoms with E-state index in [-0.39, 0.29) is 11.0 Å². The van der Waals surface area contributed by atoms with Crippen molar-refractivity contribution in [1.29, 1.82) is 0 Å². The molecule has 0 spiro atoms. The molecule has 38 heavy (non-hydrogen) atoms. The van der Waals surface area contributed by atoms with E-state index in [0.29, 0.717) is 5.92 Å². The lowest BCUT2D eigenvalue weighted by molar-refractivity contribution is -0.0662. The zero-order chi connectivity index (χ0) is 26.2. The molecule has 2 aliphatic rings. The summed E-state index contributed by atoms with van der Waals surface area (Å²) < 4.78 is 19.8. The lowest BCUT2D eigenvalue weighted by Gasteiger charge is -2.50. The monoisotopic (exact) mass is 523 g/mol. The van der Waals surface area contributed by atoms with Crippen LogP contribution in [-0.4, -0.2) is 21.2 Å². The van der Waals surface area contributed by atoms with Gasteiger partial charge in [-0.2, -0.15) is 0 Å². The second-order valence-corrected chi connectivity index (χ2v) is 14.3. The summed E-state index contributed by atoms with van der Waals surface area (Å²) in [6.45, 7) is 7.89. The van der Waals surface area contributed by atoms with E-state index in [1.807, 2.05) is 0 Å². The molecule has 1 aromatic heterocycles. The van der Waals surface area contributed by atoms with Crippen LogP contribution in [-0.2, 0) is 4.43 Å². The highest BCUT2D eigenvalue weighted by atomic mass is 28.3. The van der Waals surface area contributed by atoms with Crippen LogP contribution in [0, 0.1) is 11.3 Å². The van der Waals surface area contributed by atoms with Crippen molar-refractivity contribution in [3.63, 3.8) is 0 Å². The molecular formula is C34H39O3Si. The second-order valence-electron chi connectivity index (χ2n) is 12.3. The second kappa shape index (κ2) is 10.4. The molecule has 1 radical (unpaired) electrons. The highest BCUT2D eigenvalue weighted by Crippen LogP contribution is 2.49. The van der Waals surface area contributed by atoms with Gasteiger partial charge in [-0.25, -0.2) is 0 Å². The highest BCUT2D eigenvalue weighted by Gasteiger charge is 2.48. The zero-order valence-electron chi connectivity index (χ0n) is 22.9. The fourth-order valence-corrected chi connectivity index (χ4v) is 8.31. The molecule has 3 nitrogen and oxygen atoms in total. The molecule has 0 amide bonds. The van der Waals surface area contributed by atoms with E-state index in [9.17, 15) is 0 Å². The molecule has 0 saturated heterocycles. The molecule has 2 aliphatic carbocycles. The third-order valence-electron chi connectivity index (χ3n) is 8.63. The van der Waals surface area contributed by atoms with Gasteiger partial charge in [0.25, 0.3) is 9.04 Å². The quantitative estimate of drug-likeness (QED) is 0.224. The van der Waals surface area contributed by atoms with Crippen LogP contribution in [0.3, 0.4) is 0 Å². The Labute approximate surface area is 228 Å². The molecule has 0 aliphatic heterocycles. The predicted molar refractivity (Wildman–Crippen MR) is 157 cm³/mol. The van der Waals surface area contributed by atoms with Crippen molar-refractivity contribution in [2.45, 2.75) is 70.8 Å². The normalized spacial score (nSPS) is 22.2. The van der Waals surface area contributed by atoms with Gasteiger partial charge in [0.2, 0.25) is 0 Å². The molecule has 3 aromatic carbocycles. The Balaban J connectivity index is 1.22. The van der Waals surface area contributed by atoms with Gasteiger partial charge >= 0.3 is 0 Å². The van der Waals surface area contributed by atoms with E-state index < -0.39 is 9.04 Å². The smallest absolute Gasteiger partial charge is 0.283 e. The largest absolute Gasteiger partial charge is 0.493 e. The van der Waals surface area contributed by atoms with Crippen LogP contribution < -0.4 is 15.1 Å². The molecule has 0 atom stereocenters. The zero-order valence-corrected chi connectivity index (χ0v) is 23.9.